The summed E-state index contributed by atoms with van der Waals surface area (Å²) in [5.74, 6) is -0.487. The van der Waals surface area contributed by atoms with Crippen molar-refractivity contribution >= 4 is 23.2 Å². The third kappa shape index (κ3) is 4.83. The predicted molar refractivity (Wildman–Crippen MR) is 85.5 cm³/mol. The maximum Gasteiger partial charge on any atom is 0.266 e. The molecule has 7 nitrogen and oxygen atoms in total. The Bertz CT molecular complexity index is 658. The molecule has 0 aliphatic carbocycles. The van der Waals surface area contributed by atoms with Crippen LogP contribution in [0.1, 0.15) is 6.92 Å². The first-order chi connectivity index (χ1) is 11.1. The van der Waals surface area contributed by atoms with Gasteiger partial charge >= 0.3 is 0 Å². The van der Waals surface area contributed by atoms with E-state index in [1.165, 1.54) is 13.1 Å². The van der Waals surface area contributed by atoms with Crippen molar-refractivity contribution in [3.8, 4) is 6.07 Å². The minimum Gasteiger partial charge on any atom is -0.378 e. The van der Waals surface area contributed by atoms with Gasteiger partial charge in [0.05, 0.1) is 13.2 Å². The van der Waals surface area contributed by atoms with Crippen molar-refractivity contribution < 1.29 is 14.3 Å². The Kier molecular flexibility index (Phi) is 5.72. The van der Waals surface area contributed by atoms with Gasteiger partial charge in [-0.1, -0.05) is 6.07 Å². The van der Waals surface area contributed by atoms with Crippen LogP contribution < -0.4 is 10.6 Å². The number of morpholine rings is 1. The number of hydrogen-bond acceptors (Lipinski definition) is 5. The van der Waals surface area contributed by atoms with Crippen molar-refractivity contribution in [3.05, 3.63) is 36.0 Å². The summed E-state index contributed by atoms with van der Waals surface area (Å²) < 4.78 is 5.19. The van der Waals surface area contributed by atoms with Crippen LogP contribution in [0.2, 0.25) is 0 Å². The maximum atomic E-state index is 12.2. The number of benzene rings is 1. The van der Waals surface area contributed by atoms with E-state index >= 15 is 0 Å². The van der Waals surface area contributed by atoms with Crippen LogP contribution in [0.25, 0.3) is 0 Å². The summed E-state index contributed by atoms with van der Waals surface area (Å²) in [6, 6.07) is 8.91. The number of ether oxygens (including phenoxy) is 1. The molecule has 0 aromatic heterocycles. The number of hydrogen-bond donors (Lipinski definition) is 2. The Morgan fingerprint density at radius 2 is 2.00 bits per heavy atom. The van der Waals surface area contributed by atoms with Gasteiger partial charge in [0, 0.05) is 37.6 Å². The highest BCUT2D eigenvalue weighted by atomic mass is 16.5. The fourth-order valence-corrected chi connectivity index (χ4v) is 2.12. The molecule has 0 radical (unpaired) electrons. The molecule has 0 spiro atoms. The summed E-state index contributed by atoms with van der Waals surface area (Å²) in [4.78, 5) is 24.9. The highest BCUT2D eigenvalue weighted by molar-refractivity contribution is 5.97. The molecule has 23 heavy (non-hydrogen) atoms. The van der Waals surface area contributed by atoms with Crippen molar-refractivity contribution in [1.82, 2.24) is 4.90 Å². The van der Waals surface area contributed by atoms with E-state index in [9.17, 15) is 14.9 Å². The molecule has 1 fully saturated rings. The summed E-state index contributed by atoms with van der Waals surface area (Å²) in [7, 11) is 0. The molecule has 0 saturated carbocycles. The van der Waals surface area contributed by atoms with Crippen LogP contribution >= 0.6 is 0 Å². The summed E-state index contributed by atoms with van der Waals surface area (Å²) in [5.41, 5.74) is 1.32. The van der Waals surface area contributed by atoms with Crippen LogP contribution in [0.15, 0.2) is 36.0 Å². The number of carbonyl (C=O) groups is 2. The van der Waals surface area contributed by atoms with E-state index in [4.69, 9.17) is 4.74 Å². The number of carbonyl (C=O) groups excluding carboxylic acids is 2. The molecule has 120 valence electrons. The highest BCUT2D eigenvalue weighted by Gasteiger charge is 2.20. The Balaban J connectivity index is 2.05. The predicted octanol–water partition coefficient (Wildman–Crippen LogP) is 1.32. The van der Waals surface area contributed by atoms with Gasteiger partial charge in [0.2, 0.25) is 5.91 Å². The molecule has 1 aromatic carbocycles. The minimum atomic E-state index is -0.318. The molecule has 1 saturated heterocycles. The maximum absolute atomic E-state index is 12.2. The molecule has 2 N–H and O–H groups in total. The van der Waals surface area contributed by atoms with Crippen molar-refractivity contribution in [2.75, 3.05) is 36.9 Å². The second-order valence-electron chi connectivity index (χ2n) is 4.98. The standard InChI is InChI=1S/C16H18N4O3/c1-12(21)19-15-4-2-3-14(9-15)18-11-13(10-17)16(22)20-5-7-23-8-6-20/h2-4,9,11,18H,5-8H2,1H3,(H,19,21)/b13-11-. The van der Waals surface area contributed by atoms with Gasteiger partial charge in [0.15, 0.2) is 0 Å². The number of nitrogens with one attached hydrogen (secondary N) is 2. The number of anilines is 2. The summed E-state index contributed by atoms with van der Waals surface area (Å²) in [5, 5.41) is 14.8. The summed E-state index contributed by atoms with van der Waals surface area (Å²) in [6.45, 7) is 3.35. The first-order valence-electron chi connectivity index (χ1n) is 7.21. The Morgan fingerprint density at radius 3 is 2.65 bits per heavy atom. The molecule has 0 unspecified atom stereocenters. The molecular formula is C16H18N4O3. The smallest absolute Gasteiger partial charge is 0.266 e. The van der Waals surface area contributed by atoms with Gasteiger partial charge in [-0.3, -0.25) is 9.59 Å². The van der Waals surface area contributed by atoms with E-state index in [-0.39, 0.29) is 17.4 Å². The monoisotopic (exact) mass is 314 g/mol. The molecule has 2 amide bonds. The van der Waals surface area contributed by atoms with Crippen LogP contribution in [-0.4, -0.2) is 43.0 Å². The van der Waals surface area contributed by atoms with Crippen LogP contribution in [-0.2, 0) is 14.3 Å². The second kappa shape index (κ2) is 7.96. The van der Waals surface area contributed by atoms with Crippen LogP contribution in [0.4, 0.5) is 11.4 Å². The van der Waals surface area contributed by atoms with E-state index < -0.39 is 0 Å². The van der Waals surface area contributed by atoms with Gasteiger partial charge < -0.3 is 20.3 Å². The summed E-state index contributed by atoms with van der Waals surface area (Å²) >= 11 is 0. The van der Waals surface area contributed by atoms with Crippen LogP contribution in [0, 0.1) is 11.3 Å². The summed E-state index contributed by atoms with van der Waals surface area (Å²) in [6.07, 6.45) is 1.38. The molecule has 0 atom stereocenters. The van der Waals surface area contributed by atoms with Gasteiger partial charge in [0.1, 0.15) is 11.6 Å². The van der Waals surface area contributed by atoms with E-state index in [0.717, 1.165) is 0 Å². The van der Waals surface area contributed by atoms with Gasteiger partial charge in [-0.15, -0.1) is 0 Å². The number of nitrogens with zero attached hydrogens (tertiary/aromatic N) is 2. The lowest BCUT2D eigenvalue weighted by Gasteiger charge is -2.26. The van der Waals surface area contributed by atoms with E-state index in [1.54, 1.807) is 29.2 Å². The Morgan fingerprint density at radius 1 is 1.30 bits per heavy atom. The SMILES string of the molecule is CC(=O)Nc1cccc(N/C=C(/C#N)C(=O)N2CCOCC2)c1. The number of nitriles is 1. The third-order valence-corrected chi connectivity index (χ3v) is 3.22. The highest BCUT2D eigenvalue weighted by Crippen LogP contribution is 2.15. The number of rotatable bonds is 4. The zero-order valence-corrected chi connectivity index (χ0v) is 12.8. The van der Waals surface area contributed by atoms with E-state index in [0.29, 0.717) is 37.7 Å². The molecule has 1 aliphatic heterocycles. The zero-order chi connectivity index (χ0) is 16.7. The average molecular weight is 314 g/mol. The van der Waals surface area contributed by atoms with Gasteiger partial charge in [-0.05, 0) is 18.2 Å². The van der Waals surface area contributed by atoms with Crippen LogP contribution in [0.3, 0.4) is 0 Å². The van der Waals surface area contributed by atoms with Crippen molar-refractivity contribution in [1.29, 1.82) is 5.26 Å². The van der Waals surface area contributed by atoms with Gasteiger partial charge in [-0.2, -0.15) is 5.26 Å². The lowest BCUT2D eigenvalue weighted by molar-refractivity contribution is -0.130. The van der Waals surface area contributed by atoms with E-state index in [2.05, 4.69) is 10.6 Å². The minimum absolute atomic E-state index is 0.0248. The normalized spacial score (nSPS) is 14.8. The first-order valence-corrected chi connectivity index (χ1v) is 7.21. The first kappa shape index (κ1) is 16.5. The zero-order valence-electron chi connectivity index (χ0n) is 12.8. The van der Waals surface area contributed by atoms with Gasteiger partial charge in [-0.25, -0.2) is 0 Å². The fraction of sp³-hybridized carbons (Fsp3) is 0.312. The van der Waals surface area contributed by atoms with E-state index in [1.807, 2.05) is 6.07 Å². The molecule has 0 bridgehead atoms. The molecule has 7 heteroatoms. The van der Waals surface area contributed by atoms with Gasteiger partial charge in [0.25, 0.3) is 5.91 Å². The van der Waals surface area contributed by atoms with Crippen molar-refractivity contribution in [2.45, 2.75) is 6.92 Å². The Hall–Kier alpha value is -2.85. The molecule has 1 aromatic rings. The molecule has 2 rings (SSSR count). The lowest BCUT2D eigenvalue weighted by Crippen LogP contribution is -2.41. The quantitative estimate of drug-likeness (QED) is 0.646. The molecular weight excluding hydrogens is 296 g/mol. The topological polar surface area (TPSA) is 94.5 Å². The molecule has 1 aliphatic rings. The average Bonchev–Trinajstić information content (AvgIpc) is 2.56. The van der Waals surface area contributed by atoms with Crippen molar-refractivity contribution in [3.63, 3.8) is 0 Å². The van der Waals surface area contributed by atoms with Crippen molar-refractivity contribution in [2.24, 2.45) is 0 Å². The fourth-order valence-electron chi connectivity index (χ4n) is 2.12. The number of amides is 2. The molecule has 1 heterocycles. The third-order valence-electron chi connectivity index (χ3n) is 3.22. The largest absolute Gasteiger partial charge is 0.378 e. The lowest BCUT2D eigenvalue weighted by atomic mass is 10.2. The Labute approximate surface area is 134 Å². The second-order valence-corrected chi connectivity index (χ2v) is 4.98. The van der Waals surface area contributed by atoms with Crippen LogP contribution in [0.5, 0.6) is 0 Å².